The highest BCUT2D eigenvalue weighted by Crippen LogP contribution is 2.44. The molecule has 6 heteroatoms. The minimum atomic E-state index is -0.417. The van der Waals surface area contributed by atoms with Gasteiger partial charge in [-0.15, -0.1) is 0 Å². The number of hydrogen-bond acceptors (Lipinski definition) is 6. The summed E-state index contributed by atoms with van der Waals surface area (Å²) in [5.41, 5.74) is 2.51. The first-order valence-corrected chi connectivity index (χ1v) is 6.52. The van der Waals surface area contributed by atoms with Gasteiger partial charge in [0, 0.05) is 29.4 Å². The van der Waals surface area contributed by atoms with Crippen LogP contribution >= 0.6 is 0 Å². The molecular weight excluding hydrogens is 274 g/mol. The molecule has 2 rings (SSSR count). The van der Waals surface area contributed by atoms with Gasteiger partial charge < -0.3 is 24.3 Å². The van der Waals surface area contributed by atoms with Gasteiger partial charge in [-0.3, -0.25) is 0 Å². The molecule has 0 atom stereocenters. The van der Waals surface area contributed by atoms with Gasteiger partial charge >= 0.3 is 5.97 Å². The largest absolute Gasteiger partial charge is 0.493 e. The van der Waals surface area contributed by atoms with Gasteiger partial charge in [0.15, 0.2) is 11.5 Å². The van der Waals surface area contributed by atoms with Crippen LogP contribution in [0.2, 0.25) is 0 Å². The van der Waals surface area contributed by atoms with Crippen molar-refractivity contribution in [2.24, 2.45) is 0 Å². The third-order valence-corrected chi connectivity index (χ3v) is 3.38. The Morgan fingerprint density at radius 1 is 1.14 bits per heavy atom. The Hall–Kier alpha value is -2.37. The number of methoxy groups -OCH3 is 4. The average molecular weight is 293 g/mol. The highest BCUT2D eigenvalue weighted by Gasteiger charge is 2.25. The average Bonchev–Trinajstić information content (AvgIpc) is 2.52. The van der Waals surface area contributed by atoms with E-state index in [4.69, 9.17) is 14.2 Å². The Balaban J connectivity index is 2.64. The Morgan fingerprint density at radius 3 is 2.43 bits per heavy atom. The number of ether oxygens (including phenoxy) is 4. The molecule has 0 aliphatic carbocycles. The maximum Gasteiger partial charge on any atom is 0.332 e. The van der Waals surface area contributed by atoms with Crippen LogP contribution in [0.4, 0.5) is 0 Å². The SMILES string of the molecule is COC(=O)/C=C1\NCCc2c1cc(OC)c(OC)c2OC. The topological polar surface area (TPSA) is 66.0 Å². The van der Waals surface area contributed by atoms with Crippen molar-refractivity contribution in [1.82, 2.24) is 5.32 Å². The van der Waals surface area contributed by atoms with Crippen LogP contribution in [-0.4, -0.2) is 41.0 Å². The number of carbonyl (C=O) groups excluding carboxylic acids is 1. The van der Waals surface area contributed by atoms with Crippen molar-refractivity contribution < 1.29 is 23.7 Å². The molecule has 0 saturated carbocycles. The van der Waals surface area contributed by atoms with Crippen molar-refractivity contribution in [1.29, 1.82) is 0 Å². The van der Waals surface area contributed by atoms with Crippen LogP contribution in [0.25, 0.3) is 5.70 Å². The molecule has 1 heterocycles. The van der Waals surface area contributed by atoms with Gasteiger partial charge in [-0.1, -0.05) is 0 Å². The number of carbonyl (C=O) groups is 1. The summed E-state index contributed by atoms with van der Waals surface area (Å²) in [5.74, 6) is 1.31. The molecule has 0 radical (unpaired) electrons. The predicted octanol–water partition coefficient (Wildman–Crippen LogP) is 1.37. The van der Waals surface area contributed by atoms with Crippen molar-refractivity contribution in [3.05, 3.63) is 23.3 Å². The molecule has 1 N–H and O–H groups in total. The Kier molecular flexibility index (Phi) is 4.57. The molecule has 1 aromatic rings. The zero-order chi connectivity index (χ0) is 15.4. The minimum absolute atomic E-state index is 0.417. The molecule has 1 aliphatic rings. The normalized spacial score (nSPS) is 15.0. The standard InChI is InChI=1S/C15H19NO5/c1-18-12-7-10-9(14(20-3)15(12)21-4)5-6-16-11(10)8-13(17)19-2/h7-8,16H,5-6H2,1-4H3/b11-8-. The number of esters is 1. The van der Waals surface area contributed by atoms with Crippen LogP contribution in [0.15, 0.2) is 12.1 Å². The monoisotopic (exact) mass is 293 g/mol. The van der Waals surface area contributed by atoms with E-state index >= 15 is 0 Å². The van der Waals surface area contributed by atoms with E-state index in [0.717, 1.165) is 17.5 Å². The summed E-state index contributed by atoms with van der Waals surface area (Å²) in [6.45, 7) is 0.696. The van der Waals surface area contributed by atoms with E-state index in [2.05, 4.69) is 10.1 Å². The molecule has 0 amide bonds. The molecule has 114 valence electrons. The fourth-order valence-corrected chi connectivity index (χ4v) is 2.43. The summed E-state index contributed by atoms with van der Waals surface area (Å²) in [6, 6.07) is 1.83. The zero-order valence-electron chi connectivity index (χ0n) is 12.6. The molecule has 0 spiro atoms. The van der Waals surface area contributed by atoms with E-state index in [1.165, 1.54) is 13.2 Å². The summed E-state index contributed by atoms with van der Waals surface area (Å²) in [7, 11) is 6.06. The number of nitrogens with one attached hydrogen (secondary N) is 1. The molecule has 0 bridgehead atoms. The Bertz CT molecular complexity index is 580. The van der Waals surface area contributed by atoms with Crippen LogP contribution in [0, 0.1) is 0 Å². The molecule has 1 aliphatic heterocycles. The third kappa shape index (κ3) is 2.74. The molecule has 6 nitrogen and oxygen atoms in total. The van der Waals surface area contributed by atoms with Crippen LogP contribution in [0.1, 0.15) is 11.1 Å². The van der Waals surface area contributed by atoms with Crippen molar-refractivity contribution in [3.63, 3.8) is 0 Å². The Morgan fingerprint density at radius 2 is 1.86 bits per heavy atom. The maximum absolute atomic E-state index is 11.5. The van der Waals surface area contributed by atoms with Crippen LogP contribution < -0.4 is 19.5 Å². The van der Waals surface area contributed by atoms with Crippen LogP contribution in [0.5, 0.6) is 17.2 Å². The minimum Gasteiger partial charge on any atom is -0.493 e. The van der Waals surface area contributed by atoms with E-state index in [9.17, 15) is 4.79 Å². The van der Waals surface area contributed by atoms with Gasteiger partial charge in [-0.25, -0.2) is 4.79 Å². The summed E-state index contributed by atoms with van der Waals surface area (Å²) in [4.78, 5) is 11.5. The summed E-state index contributed by atoms with van der Waals surface area (Å²) in [6.07, 6.45) is 2.18. The first-order valence-electron chi connectivity index (χ1n) is 6.52. The van der Waals surface area contributed by atoms with Gasteiger partial charge in [-0.05, 0) is 12.5 Å². The smallest absolute Gasteiger partial charge is 0.332 e. The first kappa shape index (κ1) is 15.0. The molecular formula is C15H19NO5. The maximum atomic E-state index is 11.5. The molecule has 0 fully saturated rings. The van der Waals surface area contributed by atoms with Gasteiger partial charge in [0.2, 0.25) is 5.75 Å². The van der Waals surface area contributed by atoms with Gasteiger partial charge in [0.1, 0.15) is 0 Å². The lowest BCUT2D eigenvalue weighted by molar-refractivity contribution is -0.134. The fraction of sp³-hybridized carbons (Fsp3) is 0.400. The number of fused-ring (bicyclic) bond motifs is 1. The number of hydrogen-bond donors (Lipinski definition) is 1. The number of benzene rings is 1. The van der Waals surface area contributed by atoms with Gasteiger partial charge in [-0.2, -0.15) is 0 Å². The van der Waals surface area contributed by atoms with Crippen molar-refractivity contribution in [2.75, 3.05) is 35.0 Å². The fourth-order valence-electron chi connectivity index (χ4n) is 2.43. The molecule has 0 aromatic heterocycles. The second kappa shape index (κ2) is 6.39. The number of rotatable bonds is 4. The first-order chi connectivity index (χ1) is 10.2. The highest BCUT2D eigenvalue weighted by atomic mass is 16.5. The Labute approximate surface area is 123 Å². The van der Waals surface area contributed by atoms with E-state index in [1.54, 1.807) is 21.3 Å². The van der Waals surface area contributed by atoms with Gasteiger partial charge in [0.05, 0.1) is 28.4 Å². The summed E-state index contributed by atoms with van der Waals surface area (Å²) in [5, 5.41) is 3.19. The quantitative estimate of drug-likeness (QED) is 0.668. The molecule has 0 saturated heterocycles. The van der Waals surface area contributed by atoms with Crippen LogP contribution in [0.3, 0.4) is 0 Å². The second-order valence-corrected chi connectivity index (χ2v) is 4.43. The zero-order valence-corrected chi connectivity index (χ0v) is 12.6. The molecule has 21 heavy (non-hydrogen) atoms. The van der Waals surface area contributed by atoms with Crippen molar-refractivity contribution >= 4 is 11.7 Å². The summed E-state index contributed by atoms with van der Waals surface area (Å²) < 4.78 is 20.9. The van der Waals surface area contributed by atoms with E-state index in [1.807, 2.05) is 6.07 Å². The van der Waals surface area contributed by atoms with Crippen molar-refractivity contribution in [2.45, 2.75) is 6.42 Å². The second-order valence-electron chi connectivity index (χ2n) is 4.43. The van der Waals surface area contributed by atoms with E-state index in [-0.39, 0.29) is 0 Å². The lowest BCUT2D eigenvalue weighted by atomic mass is 9.95. The van der Waals surface area contributed by atoms with E-state index < -0.39 is 5.97 Å². The molecule has 0 unspecified atom stereocenters. The van der Waals surface area contributed by atoms with Crippen molar-refractivity contribution in [3.8, 4) is 17.2 Å². The van der Waals surface area contributed by atoms with Gasteiger partial charge in [0.25, 0.3) is 0 Å². The lowest BCUT2D eigenvalue weighted by Gasteiger charge is -2.25. The summed E-state index contributed by atoms with van der Waals surface area (Å²) >= 11 is 0. The van der Waals surface area contributed by atoms with Crippen LogP contribution in [-0.2, 0) is 16.0 Å². The predicted molar refractivity (Wildman–Crippen MR) is 77.8 cm³/mol. The third-order valence-electron chi connectivity index (χ3n) is 3.38. The molecule has 1 aromatic carbocycles. The van der Waals surface area contributed by atoms with E-state index in [0.29, 0.717) is 29.5 Å². The highest BCUT2D eigenvalue weighted by molar-refractivity contribution is 5.92. The lowest BCUT2D eigenvalue weighted by Crippen LogP contribution is -2.24.